The van der Waals surface area contributed by atoms with Crippen LogP contribution >= 0.6 is 0 Å². The molecule has 1 rings (SSSR count). The topological polar surface area (TPSA) is 40.5 Å². The minimum Gasteiger partial charge on any atom is -0.504 e. The minimum absolute atomic E-state index is 0.0262. The summed E-state index contributed by atoms with van der Waals surface area (Å²) < 4.78 is 0. The average molecular weight is 194 g/mol. The summed E-state index contributed by atoms with van der Waals surface area (Å²) in [6.07, 6.45) is 4.53. The molecule has 2 nitrogen and oxygen atoms in total. The van der Waals surface area contributed by atoms with E-state index in [-0.39, 0.29) is 11.5 Å². The van der Waals surface area contributed by atoms with E-state index in [1.54, 1.807) is 6.07 Å². The van der Waals surface area contributed by atoms with Crippen molar-refractivity contribution in [3.05, 3.63) is 23.3 Å². The Kier molecular flexibility index (Phi) is 3.81. The van der Waals surface area contributed by atoms with Crippen LogP contribution in [-0.2, 0) is 6.42 Å². The summed E-state index contributed by atoms with van der Waals surface area (Å²) in [5.41, 5.74) is 1.94. The molecule has 0 heterocycles. The van der Waals surface area contributed by atoms with Gasteiger partial charge in [0.2, 0.25) is 0 Å². The van der Waals surface area contributed by atoms with Crippen LogP contribution in [0.3, 0.4) is 0 Å². The van der Waals surface area contributed by atoms with E-state index in [9.17, 15) is 10.2 Å². The van der Waals surface area contributed by atoms with Gasteiger partial charge in [-0.25, -0.2) is 0 Å². The zero-order valence-corrected chi connectivity index (χ0v) is 8.88. The van der Waals surface area contributed by atoms with Crippen LogP contribution in [0.25, 0.3) is 0 Å². The van der Waals surface area contributed by atoms with Crippen molar-refractivity contribution >= 4 is 0 Å². The van der Waals surface area contributed by atoms with Gasteiger partial charge in [0.1, 0.15) is 0 Å². The lowest BCUT2D eigenvalue weighted by Crippen LogP contribution is -1.90. The van der Waals surface area contributed by atoms with Gasteiger partial charge in [-0.2, -0.15) is 0 Å². The van der Waals surface area contributed by atoms with Gasteiger partial charge in [0, 0.05) is 0 Å². The molecule has 0 atom stereocenters. The van der Waals surface area contributed by atoms with Crippen LogP contribution in [0.15, 0.2) is 12.1 Å². The van der Waals surface area contributed by atoms with E-state index < -0.39 is 0 Å². The molecule has 2 N–H and O–H groups in total. The van der Waals surface area contributed by atoms with Gasteiger partial charge in [0.05, 0.1) is 0 Å². The fourth-order valence-corrected chi connectivity index (χ4v) is 1.56. The van der Waals surface area contributed by atoms with Crippen molar-refractivity contribution in [1.82, 2.24) is 0 Å². The minimum atomic E-state index is -0.0262. The Hall–Kier alpha value is -1.18. The van der Waals surface area contributed by atoms with Crippen LogP contribution < -0.4 is 0 Å². The van der Waals surface area contributed by atoms with Crippen LogP contribution in [-0.4, -0.2) is 10.2 Å². The van der Waals surface area contributed by atoms with Crippen LogP contribution in [0.2, 0.25) is 0 Å². The summed E-state index contributed by atoms with van der Waals surface area (Å²) in [6, 6.07) is 3.45. The molecule has 14 heavy (non-hydrogen) atoms. The van der Waals surface area contributed by atoms with Gasteiger partial charge in [0.15, 0.2) is 11.5 Å². The van der Waals surface area contributed by atoms with Gasteiger partial charge < -0.3 is 10.2 Å². The maximum absolute atomic E-state index is 9.49. The second kappa shape index (κ2) is 4.89. The smallest absolute Gasteiger partial charge is 0.160 e. The average Bonchev–Trinajstić information content (AvgIpc) is 2.18. The number of aromatic hydroxyl groups is 2. The van der Waals surface area contributed by atoms with Gasteiger partial charge in [0.25, 0.3) is 0 Å². The molecule has 0 saturated heterocycles. The number of phenolic OH excluding ortho intramolecular Hbond substituents is 2. The van der Waals surface area contributed by atoms with Crippen LogP contribution in [0, 0.1) is 6.92 Å². The van der Waals surface area contributed by atoms with E-state index in [2.05, 4.69) is 6.92 Å². The SMILES string of the molecule is CCCCCc1ccc(O)c(O)c1C. The Labute approximate surface area is 85.2 Å². The molecule has 0 aliphatic carbocycles. The molecule has 0 aromatic heterocycles. The van der Waals surface area contributed by atoms with Gasteiger partial charge in [-0.05, 0) is 37.0 Å². The normalized spacial score (nSPS) is 10.4. The maximum atomic E-state index is 9.49. The van der Waals surface area contributed by atoms with Crippen molar-refractivity contribution in [1.29, 1.82) is 0 Å². The number of unbranched alkanes of at least 4 members (excludes halogenated alkanes) is 2. The van der Waals surface area contributed by atoms with E-state index in [0.29, 0.717) is 0 Å². The first kappa shape index (κ1) is 10.9. The van der Waals surface area contributed by atoms with Gasteiger partial charge in [-0.1, -0.05) is 25.8 Å². The van der Waals surface area contributed by atoms with E-state index in [1.165, 1.54) is 12.8 Å². The number of hydrogen-bond acceptors (Lipinski definition) is 2. The molecule has 0 radical (unpaired) electrons. The van der Waals surface area contributed by atoms with Crippen molar-refractivity contribution in [3.8, 4) is 11.5 Å². The zero-order valence-electron chi connectivity index (χ0n) is 8.88. The highest BCUT2D eigenvalue weighted by molar-refractivity contribution is 5.48. The van der Waals surface area contributed by atoms with Gasteiger partial charge in [-0.15, -0.1) is 0 Å². The summed E-state index contributed by atoms with van der Waals surface area (Å²) in [5.74, 6) is 0.000685. The first-order chi connectivity index (χ1) is 6.66. The molecule has 1 aromatic carbocycles. The van der Waals surface area contributed by atoms with Crippen molar-refractivity contribution in [3.63, 3.8) is 0 Å². The van der Waals surface area contributed by atoms with E-state index in [0.717, 1.165) is 24.0 Å². The fourth-order valence-electron chi connectivity index (χ4n) is 1.56. The first-order valence-electron chi connectivity index (χ1n) is 5.17. The first-order valence-corrected chi connectivity index (χ1v) is 5.17. The van der Waals surface area contributed by atoms with Crippen molar-refractivity contribution < 1.29 is 10.2 Å². The lowest BCUT2D eigenvalue weighted by Gasteiger charge is -2.08. The monoisotopic (exact) mass is 194 g/mol. The Morgan fingerprint density at radius 2 is 1.86 bits per heavy atom. The highest BCUT2D eigenvalue weighted by Crippen LogP contribution is 2.31. The Morgan fingerprint density at radius 1 is 1.14 bits per heavy atom. The molecule has 0 unspecified atom stereocenters. The number of aryl methyl sites for hydroxylation is 1. The molecule has 0 aliphatic heterocycles. The third-order valence-electron chi connectivity index (χ3n) is 2.57. The molecule has 1 aromatic rings. The zero-order chi connectivity index (χ0) is 10.6. The van der Waals surface area contributed by atoms with E-state index in [1.807, 2.05) is 13.0 Å². The lowest BCUT2D eigenvalue weighted by atomic mass is 10.0. The summed E-state index contributed by atoms with van der Waals surface area (Å²) >= 11 is 0. The molecular formula is C12H18O2. The molecular weight excluding hydrogens is 176 g/mol. The van der Waals surface area contributed by atoms with Crippen LogP contribution in [0.5, 0.6) is 11.5 Å². The predicted molar refractivity (Wildman–Crippen MR) is 57.7 cm³/mol. The van der Waals surface area contributed by atoms with Gasteiger partial charge >= 0.3 is 0 Å². The lowest BCUT2D eigenvalue weighted by molar-refractivity contribution is 0.400. The van der Waals surface area contributed by atoms with Crippen molar-refractivity contribution in [2.75, 3.05) is 0 Å². The second-order valence-corrected chi connectivity index (χ2v) is 3.67. The number of hydrogen-bond donors (Lipinski definition) is 2. The molecule has 0 fully saturated rings. The highest BCUT2D eigenvalue weighted by atomic mass is 16.3. The van der Waals surface area contributed by atoms with Crippen LogP contribution in [0.4, 0.5) is 0 Å². The van der Waals surface area contributed by atoms with E-state index >= 15 is 0 Å². The van der Waals surface area contributed by atoms with E-state index in [4.69, 9.17) is 0 Å². The van der Waals surface area contributed by atoms with Gasteiger partial charge in [-0.3, -0.25) is 0 Å². The maximum Gasteiger partial charge on any atom is 0.160 e. The third kappa shape index (κ3) is 2.41. The van der Waals surface area contributed by atoms with Crippen molar-refractivity contribution in [2.45, 2.75) is 39.5 Å². The molecule has 0 saturated carbocycles. The van der Waals surface area contributed by atoms with Crippen LogP contribution in [0.1, 0.15) is 37.3 Å². The predicted octanol–water partition coefficient (Wildman–Crippen LogP) is 3.14. The molecule has 0 spiro atoms. The highest BCUT2D eigenvalue weighted by Gasteiger charge is 2.06. The number of phenols is 2. The molecule has 0 amide bonds. The summed E-state index contributed by atoms with van der Waals surface area (Å²) in [6.45, 7) is 4.01. The molecule has 2 heteroatoms. The summed E-state index contributed by atoms with van der Waals surface area (Å²) in [7, 11) is 0. The summed E-state index contributed by atoms with van der Waals surface area (Å²) in [5, 5.41) is 18.7. The molecule has 0 aliphatic rings. The standard InChI is InChI=1S/C12H18O2/c1-3-4-5-6-10-7-8-11(13)12(14)9(10)2/h7-8,13-14H,3-6H2,1-2H3. The largest absolute Gasteiger partial charge is 0.504 e. The fraction of sp³-hybridized carbons (Fsp3) is 0.500. The Balaban J connectivity index is 2.73. The third-order valence-corrected chi connectivity index (χ3v) is 2.57. The second-order valence-electron chi connectivity index (χ2n) is 3.67. The Bertz CT molecular complexity index is 305. The quantitative estimate of drug-likeness (QED) is 0.571. The molecule has 78 valence electrons. The van der Waals surface area contributed by atoms with Crippen molar-refractivity contribution in [2.24, 2.45) is 0 Å². The summed E-state index contributed by atoms with van der Waals surface area (Å²) in [4.78, 5) is 0. The number of rotatable bonds is 4. The number of benzene rings is 1. The Morgan fingerprint density at radius 3 is 2.50 bits per heavy atom. The molecule has 0 bridgehead atoms.